The molecule has 0 atom stereocenters. The molecule has 2 aliphatic heterocycles. The van der Waals surface area contributed by atoms with Gasteiger partial charge in [0.1, 0.15) is 6.61 Å². The predicted molar refractivity (Wildman–Crippen MR) is 102 cm³/mol. The van der Waals surface area contributed by atoms with Crippen LogP contribution >= 0.6 is 12.2 Å². The molecule has 1 saturated heterocycles. The molecule has 0 amide bonds. The lowest BCUT2D eigenvalue weighted by Crippen LogP contribution is -2.63. The number of likely N-dealkylation sites (tertiary alicyclic amines) is 1. The molecule has 2 aromatic rings. The number of hydrogen-bond donors (Lipinski definition) is 1. The lowest BCUT2D eigenvalue weighted by Gasteiger charge is -2.48. The summed E-state index contributed by atoms with van der Waals surface area (Å²) in [4.78, 5) is 8.44. The van der Waals surface area contributed by atoms with Gasteiger partial charge in [0, 0.05) is 19.2 Å². The van der Waals surface area contributed by atoms with Crippen LogP contribution in [0.5, 0.6) is 11.6 Å². The minimum Gasteiger partial charge on any atom is -0.486 e. The van der Waals surface area contributed by atoms with Gasteiger partial charge in [-0.25, -0.2) is 9.37 Å². The van der Waals surface area contributed by atoms with Gasteiger partial charge in [-0.3, -0.25) is 0 Å². The maximum atomic E-state index is 13.9. The van der Waals surface area contributed by atoms with Crippen LogP contribution in [0.4, 0.5) is 15.8 Å². The Balaban J connectivity index is 1.37. The molecular formula is C18H19FN4O2S. The normalized spacial score (nSPS) is 16.4. The van der Waals surface area contributed by atoms with Crippen LogP contribution in [0, 0.1) is 5.82 Å². The highest BCUT2D eigenvalue weighted by Crippen LogP contribution is 2.36. The summed E-state index contributed by atoms with van der Waals surface area (Å²) in [6.45, 7) is 2.80. The number of pyridine rings is 1. The minimum atomic E-state index is -0.312. The van der Waals surface area contributed by atoms with Crippen molar-refractivity contribution in [3.05, 3.63) is 42.3 Å². The summed E-state index contributed by atoms with van der Waals surface area (Å²) in [6, 6.07) is 8.99. The number of methoxy groups -OCH3 is 1. The molecule has 0 saturated carbocycles. The second-order valence-corrected chi connectivity index (χ2v) is 6.59. The van der Waals surface area contributed by atoms with Crippen molar-refractivity contribution in [3.8, 4) is 11.6 Å². The van der Waals surface area contributed by atoms with Crippen molar-refractivity contribution < 1.29 is 13.9 Å². The Kier molecular flexibility index (Phi) is 4.50. The number of nitrogens with one attached hydrogen (secondary N) is 1. The third-order valence-electron chi connectivity index (χ3n) is 4.62. The average molecular weight is 374 g/mol. The first-order valence-corrected chi connectivity index (χ1v) is 8.80. The summed E-state index contributed by atoms with van der Waals surface area (Å²) in [6.07, 6.45) is 1.68. The largest absolute Gasteiger partial charge is 0.486 e. The van der Waals surface area contributed by atoms with Gasteiger partial charge in [-0.2, -0.15) is 0 Å². The lowest BCUT2D eigenvalue weighted by atomic mass is 10.1. The molecule has 4 rings (SSSR count). The Hall–Kier alpha value is -2.61. The summed E-state index contributed by atoms with van der Waals surface area (Å²) < 4.78 is 24.5. The number of thiocarbonyl (C=S) groups is 1. The molecule has 3 heterocycles. The highest BCUT2D eigenvalue weighted by Gasteiger charge is 2.36. The fourth-order valence-corrected chi connectivity index (χ4v) is 3.47. The molecule has 0 bridgehead atoms. The first-order valence-electron chi connectivity index (χ1n) is 8.39. The topological polar surface area (TPSA) is 49.9 Å². The Bertz CT molecular complexity index is 811. The van der Waals surface area contributed by atoms with E-state index in [0.717, 1.165) is 31.0 Å². The summed E-state index contributed by atoms with van der Waals surface area (Å²) in [5, 5.41) is 3.84. The van der Waals surface area contributed by atoms with Gasteiger partial charge >= 0.3 is 0 Å². The van der Waals surface area contributed by atoms with Gasteiger partial charge in [-0.15, -0.1) is 0 Å². The third kappa shape index (κ3) is 3.12. The molecule has 1 aromatic heterocycles. The molecule has 0 spiro atoms. The maximum Gasteiger partial charge on any atom is 0.213 e. The Morgan fingerprint density at radius 1 is 1.35 bits per heavy atom. The number of nitrogens with zero attached hydrogens (tertiary/aromatic N) is 3. The standard InChI is InChI=1S/C18H19FN4O2S/c1-24-16-6-5-12(9-20-16)21-18(26)22-10-13(11-22)23-7-8-25-17-14(19)3-2-4-15(17)23/h2-6,9,13H,7-8,10-11H2,1H3,(H,21,26). The lowest BCUT2D eigenvalue weighted by molar-refractivity contribution is 0.218. The summed E-state index contributed by atoms with van der Waals surface area (Å²) in [7, 11) is 1.58. The molecular weight excluding hydrogens is 355 g/mol. The van der Waals surface area contributed by atoms with Crippen LogP contribution in [-0.2, 0) is 0 Å². The predicted octanol–water partition coefficient (Wildman–Crippen LogP) is 2.51. The molecule has 1 fully saturated rings. The Morgan fingerprint density at radius 3 is 2.92 bits per heavy atom. The van der Waals surface area contributed by atoms with E-state index in [1.54, 1.807) is 25.4 Å². The fraction of sp³-hybridized carbons (Fsp3) is 0.333. The summed E-state index contributed by atoms with van der Waals surface area (Å²) in [5.41, 5.74) is 1.64. The zero-order valence-corrected chi connectivity index (χ0v) is 15.1. The van der Waals surface area contributed by atoms with E-state index in [4.69, 9.17) is 21.7 Å². The monoisotopic (exact) mass is 374 g/mol. The average Bonchev–Trinajstić information content (AvgIpc) is 2.62. The van der Waals surface area contributed by atoms with Gasteiger partial charge in [0.25, 0.3) is 0 Å². The van der Waals surface area contributed by atoms with Crippen molar-refractivity contribution in [2.24, 2.45) is 0 Å². The van der Waals surface area contributed by atoms with Crippen molar-refractivity contribution in [2.45, 2.75) is 6.04 Å². The van der Waals surface area contributed by atoms with E-state index < -0.39 is 0 Å². The van der Waals surface area contributed by atoms with E-state index >= 15 is 0 Å². The molecule has 0 unspecified atom stereocenters. The molecule has 2 aliphatic rings. The van der Waals surface area contributed by atoms with Crippen LogP contribution in [-0.4, -0.2) is 54.4 Å². The van der Waals surface area contributed by atoms with Gasteiger partial charge < -0.3 is 24.6 Å². The number of benzene rings is 1. The SMILES string of the molecule is COc1ccc(NC(=S)N2CC(N3CCOc4c(F)cccc43)C2)cn1. The number of ether oxygens (including phenoxy) is 2. The summed E-state index contributed by atoms with van der Waals surface area (Å²) in [5.74, 6) is 0.596. The highest BCUT2D eigenvalue weighted by atomic mass is 32.1. The number of hydrogen-bond acceptors (Lipinski definition) is 5. The van der Waals surface area contributed by atoms with Crippen molar-refractivity contribution in [1.82, 2.24) is 9.88 Å². The van der Waals surface area contributed by atoms with Gasteiger partial charge in [-0.05, 0) is 30.4 Å². The van der Waals surface area contributed by atoms with Crippen LogP contribution in [0.1, 0.15) is 0 Å². The quantitative estimate of drug-likeness (QED) is 0.829. The third-order valence-corrected chi connectivity index (χ3v) is 4.98. The van der Waals surface area contributed by atoms with Gasteiger partial charge in [0.2, 0.25) is 5.88 Å². The zero-order chi connectivity index (χ0) is 18.1. The van der Waals surface area contributed by atoms with E-state index in [-0.39, 0.29) is 11.9 Å². The molecule has 1 aromatic carbocycles. The number of fused-ring (bicyclic) bond motifs is 1. The number of aromatic nitrogens is 1. The van der Waals surface area contributed by atoms with Crippen molar-refractivity contribution in [3.63, 3.8) is 0 Å². The number of anilines is 2. The zero-order valence-electron chi connectivity index (χ0n) is 14.3. The fourth-order valence-electron chi connectivity index (χ4n) is 3.21. The van der Waals surface area contributed by atoms with Crippen LogP contribution in [0.3, 0.4) is 0 Å². The van der Waals surface area contributed by atoms with Crippen molar-refractivity contribution in [2.75, 3.05) is 43.6 Å². The molecule has 6 nitrogen and oxygen atoms in total. The molecule has 1 N–H and O–H groups in total. The molecule has 26 heavy (non-hydrogen) atoms. The molecule has 136 valence electrons. The van der Waals surface area contributed by atoms with Crippen LogP contribution in [0.2, 0.25) is 0 Å². The molecule has 0 aliphatic carbocycles. The second kappa shape index (κ2) is 6.95. The summed E-state index contributed by atoms with van der Waals surface area (Å²) >= 11 is 5.48. The van der Waals surface area contributed by atoms with Gasteiger partial charge in [0.05, 0.1) is 37.3 Å². The smallest absolute Gasteiger partial charge is 0.213 e. The van der Waals surface area contributed by atoms with Crippen molar-refractivity contribution in [1.29, 1.82) is 0 Å². The van der Waals surface area contributed by atoms with Crippen LogP contribution < -0.4 is 19.7 Å². The first kappa shape index (κ1) is 16.8. The van der Waals surface area contributed by atoms with Gasteiger partial charge in [-0.1, -0.05) is 6.07 Å². The second-order valence-electron chi connectivity index (χ2n) is 6.21. The molecule has 8 heteroatoms. The van der Waals surface area contributed by atoms with E-state index in [1.807, 2.05) is 12.1 Å². The number of para-hydroxylation sites is 1. The first-order chi connectivity index (χ1) is 12.7. The van der Waals surface area contributed by atoms with E-state index in [2.05, 4.69) is 20.1 Å². The Labute approximate surface area is 156 Å². The van der Waals surface area contributed by atoms with Crippen LogP contribution in [0.25, 0.3) is 0 Å². The number of rotatable bonds is 3. The van der Waals surface area contributed by atoms with Crippen LogP contribution in [0.15, 0.2) is 36.5 Å². The molecule has 0 radical (unpaired) electrons. The minimum absolute atomic E-state index is 0.285. The van der Waals surface area contributed by atoms with E-state index in [1.165, 1.54) is 6.07 Å². The van der Waals surface area contributed by atoms with Gasteiger partial charge in [0.15, 0.2) is 16.7 Å². The van der Waals surface area contributed by atoms with E-state index in [0.29, 0.717) is 23.3 Å². The van der Waals surface area contributed by atoms with E-state index in [9.17, 15) is 4.39 Å². The van der Waals surface area contributed by atoms with Crippen molar-refractivity contribution >= 4 is 28.7 Å². The highest BCUT2D eigenvalue weighted by molar-refractivity contribution is 7.80. The Morgan fingerprint density at radius 2 is 2.19 bits per heavy atom. The number of halogens is 1. The maximum absolute atomic E-state index is 13.9.